The molecule has 4 rings (SSSR count). The van der Waals surface area contributed by atoms with Gasteiger partial charge in [-0.3, -0.25) is 19.6 Å². The van der Waals surface area contributed by atoms with Gasteiger partial charge in [-0.25, -0.2) is 4.39 Å². The first-order chi connectivity index (χ1) is 16.1. The fourth-order valence-corrected chi connectivity index (χ4v) is 3.63. The number of fused-ring (bicyclic) bond motifs is 1. The van der Waals surface area contributed by atoms with Crippen molar-refractivity contribution in [3.8, 4) is 0 Å². The Kier molecular flexibility index (Phi) is 6.28. The smallest absolute Gasteiger partial charge is 0.380 e. The first kappa shape index (κ1) is 23.3. The molecule has 0 aliphatic heterocycles. The maximum Gasteiger partial charge on any atom is 0.417 e. The molecule has 0 spiro atoms. The molecular formula is C25H19F4N3O2. The number of alkyl halides is 3. The van der Waals surface area contributed by atoms with Crippen LogP contribution < -0.4 is 5.32 Å². The summed E-state index contributed by atoms with van der Waals surface area (Å²) in [7, 11) is 0. The van der Waals surface area contributed by atoms with Crippen molar-refractivity contribution in [1.82, 2.24) is 9.97 Å². The predicted octanol–water partition coefficient (Wildman–Crippen LogP) is 5.20. The molecule has 1 aliphatic rings. The highest BCUT2D eigenvalue weighted by molar-refractivity contribution is 6.00. The third kappa shape index (κ3) is 5.19. The van der Waals surface area contributed by atoms with Gasteiger partial charge < -0.3 is 5.32 Å². The number of halogens is 4. The van der Waals surface area contributed by atoms with Crippen LogP contribution in [-0.2, 0) is 30.4 Å². The summed E-state index contributed by atoms with van der Waals surface area (Å²) < 4.78 is 53.0. The summed E-state index contributed by atoms with van der Waals surface area (Å²) in [5, 5.41) is 3.08. The Balaban J connectivity index is 1.46. The van der Waals surface area contributed by atoms with Gasteiger partial charge in [-0.1, -0.05) is 12.1 Å². The van der Waals surface area contributed by atoms with Crippen molar-refractivity contribution in [3.63, 3.8) is 0 Å². The molecule has 9 heteroatoms. The van der Waals surface area contributed by atoms with Gasteiger partial charge in [0.1, 0.15) is 5.82 Å². The molecule has 0 saturated carbocycles. The summed E-state index contributed by atoms with van der Waals surface area (Å²) in [4.78, 5) is 31.9. The molecule has 1 aromatic carbocycles. The monoisotopic (exact) mass is 469 g/mol. The molecule has 3 aromatic rings. The minimum Gasteiger partial charge on any atom is -0.380 e. The van der Waals surface area contributed by atoms with Crippen LogP contribution in [-0.4, -0.2) is 21.5 Å². The number of allylic oxidation sites excluding steroid dienone is 1. The Morgan fingerprint density at radius 1 is 1.09 bits per heavy atom. The number of hydrogen-bond donors (Lipinski definition) is 1. The van der Waals surface area contributed by atoms with Crippen molar-refractivity contribution in [2.45, 2.75) is 32.5 Å². The first-order valence-corrected chi connectivity index (χ1v) is 10.4. The Morgan fingerprint density at radius 2 is 1.88 bits per heavy atom. The molecule has 174 valence electrons. The fourth-order valence-electron chi connectivity index (χ4n) is 3.63. The molecule has 0 saturated heterocycles. The van der Waals surface area contributed by atoms with Gasteiger partial charge in [0.05, 0.1) is 23.1 Å². The summed E-state index contributed by atoms with van der Waals surface area (Å²) in [5.41, 5.74) is 2.51. The zero-order chi connectivity index (χ0) is 24.5. The zero-order valence-electron chi connectivity index (χ0n) is 18.0. The van der Waals surface area contributed by atoms with E-state index < -0.39 is 23.3 Å². The van der Waals surface area contributed by atoms with E-state index in [-0.39, 0.29) is 29.9 Å². The zero-order valence-corrected chi connectivity index (χ0v) is 18.0. The number of hydrogen-bond acceptors (Lipinski definition) is 5. The number of nitrogens with one attached hydrogen (secondary N) is 1. The van der Waals surface area contributed by atoms with E-state index in [9.17, 15) is 27.2 Å². The molecule has 5 nitrogen and oxygen atoms in total. The lowest BCUT2D eigenvalue weighted by atomic mass is 10.0. The van der Waals surface area contributed by atoms with Crippen LogP contribution in [0.2, 0.25) is 0 Å². The summed E-state index contributed by atoms with van der Waals surface area (Å²) in [6.45, 7) is 1.60. The van der Waals surface area contributed by atoms with Crippen LogP contribution in [0.25, 0.3) is 6.08 Å². The molecule has 1 aliphatic carbocycles. The van der Waals surface area contributed by atoms with E-state index in [1.165, 1.54) is 25.1 Å². The largest absolute Gasteiger partial charge is 0.417 e. The highest BCUT2D eigenvalue weighted by Gasteiger charge is 2.31. The molecule has 0 unspecified atom stereocenters. The number of carbonyl (C=O) groups is 2. The number of benzene rings is 1. The molecule has 0 radical (unpaired) electrons. The topological polar surface area (TPSA) is 72.0 Å². The van der Waals surface area contributed by atoms with E-state index in [0.29, 0.717) is 29.4 Å². The van der Waals surface area contributed by atoms with Crippen LogP contribution in [0.4, 0.5) is 23.2 Å². The van der Waals surface area contributed by atoms with Crippen molar-refractivity contribution in [1.29, 1.82) is 0 Å². The second kappa shape index (κ2) is 9.17. The number of nitrogens with zero attached hydrogens (tertiary/aromatic N) is 2. The maximum absolute atomic E-state index is 14.4. The van der Waals surface area contributed by atoms with Crippen LogP contribution >= 0.6 is 0 Å². The van der Waals surface area contributed by atoms with Gasteiger partial charge in [0.2, 0.25) is 0 Å². The van der Waals surface area contributed by atoms with Crippen LogP contribution in [0.3, 0.4) is 0 Å². The normalized spacial score (nSPS) is 12.8. The van der Waals surface area contributed by atoms with Gasteiger partial charge in [0.15, 0.2) is 11.6 Å². The third-order valence-corrected chi connectivity index (χ3v) is 5.49. The average molecular weight is 469 g/mol. The maximum atomic E-state index is 14.4. The van der Waals surface area contributed by atoms with E-state index in [4.69, 9.17) is 0 Å². The highest BCUT2D eigenvalue weighted by atomic mass is 19.4. The van der Waals surface area contributed by atoms with Gasteiger partial charge >= 0.3 is 6.18 Å². The van der Waals surface area contributed by atoms with Crippen LogP contribution in [0.1, 0.15) is 45.2 Å². The van der Waals surface area contributed by atoms with Crippen molar-refractivity contribution >= 4 is 23.3 Å². The fraction of sp³-hybridized carbons (Fsp3) is 0.200. The van der Waals surface area contributed by atoms with Crippen LogP contribution in [0, 0.1) is 5.82 Å². The Bertz CT molecular complexity index is 1320. The molecule has 2 heterocycles. The molecular weight excluding hydrogens is 450 g/mol. The molecule has 0 bridgehead atoms. The third-order valence-electron chi connectivity index (χ3n) is 5.49. The van der Waals surface area contributed by atoms with E-state index >= 15 is 0 Å². The highest BCUT2D eigenvalue weighted by Crippen LogP contribution is 2.29. The Hall–Kier alpha value is -3.88. The van der Waals surface area contributed by atoms with Crippen molar-refractivity contribution in [2.24, 2.45) is 0 Å². The lowest BCUT2D eigenvalue weighted by Crippen LogP contribution is -2.10. The van der Waals surface area contributed by atoms with Crippen molar-refractivity contribution in [2.75, 3.05) is 5.32 Å². The van der Waals surface area contributed by atoms with Gasteiger partial charge in [0, 0.05) is 48.5 Å². The first-order valence-electron chi connectivity index (χ1n) is 10.4. The number of rotatable bonds is 7. The van der Waals surface area contributed by atoms with Crippen LogP contribution in [0.5, 0.6) is 0 Å². The van der Waals surface area contributed by atoms with E-state index in [2.05, 4.69) is 15.3 Å². The van der Waals surface area contributed by atoms with Crippen molar-refractivity contribution in [3.05, 3.63) is 93.8 Å². The number of aromatic nitrogens is 2. The SMILES string of the molecule is CC(=O)C1=Cc2cc(NCc3cc(CC(=O)c4cncc(C(F)(F)F)c4)ccc3F)cnc2C1. The number of carbonyl (C=O) groups excluding carboxylic acids is 2. The minimum absolute atomic E-state index is 0.0122. The number of anilines is 1. The lowest BCUT2D eigenvalue weighted by molar-refractivity contribution is -0.137. The summed E-state index contributed by atoms with van der Waals surface area (Å²) >= 11 is 0. The van der Waals surface area contributed by atoms with Gasteiger partial charge in [-0.05, 0) is 42.3 Å². The second-order valence-electron chi connectivity index (χ2n) is 8.00. The molecule has 0 amide bonds. The second-order valence-corrected chi connectivity index (χ2v) is 8.00. The molecule has 0 fully saturated rings. The Morgan fingerprint density at radius 3 is 2.62 bits per heavy atom. The minimum atomic E-state index is -4.60. The molecule has 2 aromatic heterocycles. The summed E-state index contributed by atoms with van der Waals surface area (Å²) in [6.07, 6.45) is 0.798. The molecule has 34 heavy (non-hydrogen) atoms. The van der Waals surface area contributed by atoms with Gasteiger partial charge in [-0.2, -0.15) is 13.2 Å². The number of ketones is 2. The number of pyridine rings is 2. The standard InChI is InChI=1S/C25H19F4N3O2/c1-14(33)16-6-17-8-21(13-32-23(17)9-16)31-11-18-4-15(2-3-22(18)26)5-24(34)19-7-20(12-30-10-19)25(27,28)29/h2-4,6-8,10,12-13,31H,5,9,11H2,1H3. The van der Waals surface area contributed by atoms with E-state index in [1.54, 1.807) is 12.3 Å². The van der Waals surface area contributed by atoms with E-state index in [0.717, 1.165) is 23.5 Å². The van der Waals surface area contributed by atoms with Crippen LogP contribution in [0.15, 0.2) is 54.5 Å². The van der Waals surface area contributed by atoms with Gasteiger partial charge in [-0.15, -0.1) is 0 Å². The van der Waals surface area contributed by atoms with Gasteiger partial charge in [0.25, 0.3) is 0 Å². The summed E-state index contributed by atoms with van der Waals surface area (Å²) in [5.74, 6) is -1.06. The lowest BCUT2D eigenvalue weighted by Gasteiger charge is -2.11. The van der Waals surface area contributed by atoms with Crippen molar-refractivity contribution < 1.29 is 27.2 Å². The molecule has 0 atom stereocenters. The summed E-state index contributed by atoms with van der Waals surface area (Å²) in [6, 6.07) is 6.71. The predicted molar refractivity (Wildman–Crippen MR) is 118 cm³/mol. The van der Waals surface area contributed by atoms with E-state index in [1.807, 2.05) is 6.07 Å². The quantitative estimate of drug-likeness (QED) is 0.380. The number of Topliss-reactive ketones (excluding diaryl/α,β-unsaturated/α-hetero) is 2. The molecule has 1 N–H and O–H groups in total. The Labute approximate surface area is 192 Å². The average Bonchev–Trinajstić information content (AvgIpc) is 3.23.